The molecule has 540 valence electrons. The second-order valence-corrected chi connectivity index (χ2v) is 23.0. The minimum atomic E-state index is -3.02. The number of hydrogen-bond acceptors (Lipinski definition) is 38. The molecule has 0 aromatic heterocycles. The van der Waals surface area contributed by atoms with E-state index in [2.05, 4.69) is 16.0 Å². The van der Waals surface area contributed by atoms with Crippen molar-refractivity contribution in [2.45, 2.75) is 241 Å². The number of carbonyl (C=O) groups is 4. The van der Waals surface area contributed by atoms with Gasteiger partial charge in [0.1, 0.15) is 165 Å². The number of carboxylic acids is 1. The highest BCUT2D eigenvalue weighted by Gasteiger charge is 2.60. The summed E-state index contributed by atoms with van der Waals surface area (Å²) in [6, 6.07) is -5.43. The van der Waals surface area contributed by atoms with Crippen LogP contribution in [0.25, 0.3) is 0 Å². The van der Waals surface area contributed by atoms with Gasteiger partial charge in [0.05, 0.1) is 65.0 Å². The van der Waals surface area contributed by atoms with E-state index in [4.69, 9.17) is 56.8 Å². The van der Waals surface area contributed by atoms with Crippen LogP contribution in [0.2, 0.25) is 0 Å². The van der Waals surface area contributed by atoms with Gasteiger partial charge in [-0.15, -0.1) is 0 Å². The van der Waals surface area contributed by atoms with E-state index in [-0.39, 0.29) is 0 Å². The quantitative estimate of drug-likeness (QED) is 0.0331. The van der Waals surface area contributed by atoms with E-state index >= 15 is 0 Å². The minimum absolute atomic E-state index is 0.808. The van der Waals surface area contributed by atoms with E-state index in [0.717, 1.165) is 20.8 Å². The van der Waals surface area contributed by atoms with E-state index in [1.807, 2.05) is 0 Å². The van der Waals surface area contributed by atoms with Crippen molar-refractivity contribution in [2.24, 2.45) is 0 Å². The Labute approximate surface area is 526 Å². The van der Waals surface area contributed by atoms with Crippen molar-refractivity contribution < 1.29 is 193 Å². The van der Waals surface area contributed by atoms with Crippen LogP contribution in [0.1, 0.15) is 27.2 Å². The molecule has 6 saturated heterocycles. The molecule has 6 heterocycles. The maximum absolute atomic E-state index is 12.8. The van der Waals surface area contributed by atoms with Crippen LogP contribution in [-0.4, -0.2) is 408 Å². The largest absolute Gasteiger partial charge is 0.477 e. The molecule has 26 N–H and O–H groups in total. The van der Waals surface area contributed by atoms with Crippen LogP contribution < -0.4 is 16.0 Å². The standard InChI is InChI=1S/C51H87N3O39/c1-13(62)52-25-16(65)4-51(50(80)81,93-42(25)29(70)18(67)6-56)82-12-24-30(71)35(76)36(77)47(87-24)89-40-22(10-60)85-45(26(33(40)74)53-14(2)63)92-44-32(73)21(9-59)84-49(38(44)79)90-41-23(11-61)86-46(27(34(41)75)54-15(3)64)91-43-31(72)20(8-58)83-48(37(43)78)88-39(19(68)7-57)28(69)17(66)5-55/h16-49,55-61,65-79H,4-12H2,1-3H3,(H,52,62)(H,53,63)(H,54,64)(H,80,81)/t16-,17-,18+,19+,20+,21+,22+,23+,24+,25+,26+,27+,28+,29+,30-,31-,32-,33+,34+,35-,36+,37+,38+,39+,40+,41+,42+,43-,44-,45-,46-,47-,48-,49-,51+/m0/s1. The maximum atomic E-state index is 12.8. The number of ether oxygens (including phenoxy) is 12. The summed E-state index contributed by atoms with van der Waals surface area (Å²) in [5.41, 5.74) is 0. The average molecular weight is 1370 g/mol. The lowest BCUT2D eigenvalue weighted by atomic mass is 9.88. The summed E-state index contributed by atoms with van der Waals surface area (Å²) in [6.07, 6.45) is -65.6. The van der Waals surface area contributed by atoms with Crippen molar-refractivity contribution in [3.63, 3.8) is 0 Å². The van der Waals surface area contributed by atoms with Gasteiger partial charge in [0, 0.05) is 27.2 Å². The summed E-state index contributed by atoms with van der Waals surface area (Å²) < 4.78 is 68.8. The fourth-order valence-electron chi connectivity index (χ4n) is 11.4. The molecule has 35 atom stereocenters. The molecule has 3 amide bonds. The number of carboxylic acid groups (broad SMARTS) is 1. The first-order chi connectivity index (χ1) is 43.8. The molecule has 6 fully saturated rings. The molecule has 0 radical (unpaired) electrons. The van der Waals surface area contributed by atoms with Crippen LogP contribution >= 0.6 is 0 Å². The monoisotopic (exact) mass is 1370 g/mol. The Kier molecular flexibility index (Phi) is 29.0. The smallest absolute Gasteiger partial charge is 0.364 e. The van der Waals surface area contributed by atoms with Gasteiger partial charge in [0.15, 0.2) is 31.5 Å². The van der Waals surface area contributed by atoms with Crippen molar-refractivity contribution in [1.82, 2.24) is 16.0 Å². The van der Waals surface area contributed by atoms with Crippen LogP contribution in [0, 0.1) is 0 Å². The molecule has 0 saturated carbocycles. The number of amides is 3. The first-order valence-electron chi connectivity index (χ1n) is 29.2. The summed E-state index contributed by atoms with van der Waals surface area (Å²) in [7, 11) is 0. The Bertz CT molecular complexity index is 2370. The molecule has 0 unspecified atom stereocenters. The second-order valence-electron chi connectivity index (χ2n) is 23.0. The van der Waals surface area contributed by atoms with Crippen molar-refractivity contribution >= 4 is 23.7 Å². The fourth-order valence-corrected chi connectivity index (χ4v) is 11.4. The van der Waals surface area contributed by atoms with Gasteiger partial charge in [-0.3, -0.25) is 14.4 Å². The van der Waals surface area contributed by atoms with Gasteiger partial charge in [0.2, 0.25) is 17.7 Å². The minimum Gasteiger partial charge on any atom is -0.477 e. The molecule has 0 aromatic carbocycles. The normalized spacial score (nSPS) is 43.6. The Morgan fingerprint density at radius 1 is 0.452 bits per heavy atom. The summed E-state index contributed by atoms with van der Waals surface area (Å²) in [5, 5.41) is 254. The van der Waals surface area contributed by atoms with E-state index in [1.54, 1.807) is 0 Å². The molecule has 42 nitrogen and oxygen atoms in total. The third-order valence-corrected chi connectivity index (χ3v) is 16.4. The molecular weight excluding hydrogens is 1280 g/mol. The van der Waals surface area contributed by atoms with Gasteiger partial charge in [-0.05, 0) is 0 Å². The Morgan fingerprint density at radius 3 is 1.28 bits per heavy atom. The zero-order valence-corrected chi connectivity index (χ0v) is 49.8. The average Bonchev–Trinajstić information content (AvgIpc) is 0.837. The molecular formula is C51H87N3O39. The third kappa shape index (κ3) is 17.9. The highest BCUT2D eigenvalue weighted by molar-refractivity contribution is 5.77. The number of aliphatic hydroxyl groups excluding tert-OH is 22. The van der Waals surface area contributed by atoms with E-state index < -0.39 is 297 Å². The van der Waals surface area contributed by atoms with Crippen molar-refractivity contribution in [2.75, 3.05) is 52.9 Å². The summed E-state index contributed by atoms with van der Waals surface area (Å²) >= 11 is 0. The van der Waals surface area contributed by atoms with Gasteiger partial charge in [0.25, 0.3) is 5.79 Å². The highest BCUT2D eigenvalue weighted by atomic mass is 16.8. The number of nitrogens with one attached hydrogen (secondary N) is 3. The highest BCUT2D eigenvalue weighted by Crippen LogP contribution is 2.39. The summed E-state index contributed by atoms with van der Waals surface area (Å²) in [6.45, 7) is -6.09. The predicted molar refractivity (Wildman–Crippen MR) is 286 cm³/mol. The predicted octanol–water partition coefficient (Wildman–Crippen LogP) is -17.0. The van der Waals surface area contributed by atoms with Crippen molar-refractivity contribution in [3.05, 3.63) is 0 Å². The third-order valence-electron chi connectivity index (χ3n) is 16.4. The number of aliphatic carboxylic acids is 1. The van der Waals surface area contributed by atoms with Crippen molar-refractivity contribution in [3.8, 4) is 0 Å². The van der Waals surface area contributed by atoms with E-state index in [0.29, 0.717) is 0 Å². The topological polar surface area (TPSA) is 680 Å². The van der Waals surface area contributed by atoms with Crippen LogP contribution in [-0.2, 0) is 76.0 Å². The van der Waals surface area contributed by atoms with Gasteiger partial charge >= 0.3 is 5.97 Å². The zero-order valence-electron chi connectivity index (χ0n) is 49.8. The molecule has 6 aliphatic heterocycles. The first-order valence-corrected chi connectivity index (χ1v) is 29.2. The SMILES string of the molecule is CC(=O)N[C@H]1[C@H](O[C@H]2[C@@H](O)[C@@H](CO)O[C@@H](O[C@H]3[C@H](O)[C@@H](NC(C)=O)[C@H](O[C@H]4[C@@H](O)[C@@H](CO)O[C@@H](O[C@@H]([C@H](O)[C@@H](O)CO)[C@H](O)CO)[C@@H]4O)O[C@@H]3CO)[C@@H]2O)O[C@H](CO)[C@@H](O[C@@H]2O[C@H](CO[C@]3(C(=O)O)C[C@H](O)[C@@H](NC(C)=O)[C@H]([C@H](O)[C@H](O)CO)O3)[C@H](O)[C@H](O)[C@H]2O)[C@@H]1O. The zero-order chi connectivity index (χ0) is 69.4. The van der Waals surface area contributed by atoms with Gasteiger partial charge in [-0.1, -0.05) is 0 Å². The molecule has 0 aliphatic carbocycles. The molecule has 6 aliphatic rings. The fraction of sp³-hybridized carbons (Fsp3) is 0.922. The number of hydrogen-bond donors (Lipinski definition) is 26. The molecule has 42 heteroatoms. The van der Waals surface area contributed by atoms with Crippen molar-refractivity contribution in [1.29, 1.82) is 0 Å². The Hall–Kier alpha value is -3.48. The summed E-state index contributed by atoms with van der Waals surface area (Å²) in [4.78, 5) is 50.3. The van der Waals surface area contributed by atoms with E-state index in [9.17, 15) is 137 Å². The molecule has 6 rings (SSSR count). The lowest BCUT2D eigenvalue weighted by Crippen LogP contribution is -2.70. The van der Waals surface area contributed by atoms with Gasteiger partial charge in [-0.2, -0.15) is 0 Å². The van der Waals surface area contributed by atoms with Gasteiger partial charge in [-0.25, -0.2) is 4.79 Å². The lowest BCUT2D eigenvalue weighted by molar-refractivity contribution is -0.385. The number of rotatable bonds is 29. The van der Waals surface area contributed by atoms with Crippen LogP contribution in [0.15, 0.2) is 0 Å². The molecule has 93 heavy (non-hydrogen) atoms. The number of aliphatic hydroxyl groups is 22. The summed E-state index contributed by atoms with van der Waals surface area (Å²) in [5.74, 6) is -7.69. The maximum Gasteiger partial charge on any atom is 0.364 e. The lowest BCUT2D eigenvalue weighted by Gasteiger charge is -2.51. The number of carbonyl (C=O) groups excluding carboxylic acids is 3. The molecule has 0 bridgehead atoms. The van der Waals surface area contributed by atoms with Crippen LogP contribution in [0.3, 0.4) is 0 Å². The van der Waals surface area contributed by atoms with E-state index in [1.165, 1.54) is 0 Å². The molecule has 0 aromatic rings. The second kappa shape index (κ2) is 34.3. The molecule has 0 spiro atoms. The Morgan fingerprint density at radius 2 is 0.849 bits per heavy atom. The van der Waals surface area contributed by atoms with Crippen LogP contribution in [0.4, 0.5) is 0 Å². The van der Waals surface area contributed by atoms with Gasteiger partial charge < -0.3 is 190 Å². The Balaban J connectivity index is 1.20. The van der Waals surface area contributed by atoms with Crippen LogP contribution in [0.5, 0.6) is 0 Å². The first kappa shape index (κ1) is 78.5.